The summed E-state index contributed by atoms with van der Waals surface area (Å²) in [5, 5.41) is 0.298. The zero-order valence-corrected chi connectivity index (χ0v) is 10.3. The molecule has 0 aliphatic heterocycles. The first-order chi connectivity index (χ1) is 8.65. The van der Waals surface area contributed by atoms with Gasteiger partial charge in [0.2, 0.25) is 0 Å². The monoisotopic (exact) mass is 263 g/mol. The number of anilines is 1. The first kappa shape index (κ1) is 11.4. The number of fused-ring (bicyclic) bond motifs is 1. The number of aryl methyl sites for hydroxylation is 1. The average molecular weight is 264 g/mol. The molecule has 0 radical (unpaired) electrons. The maximum Gasteiger partial charge on any atom is 0.163 e. The van der Waals surface area contributed by atoms with Crippen LogP contribution in [0.25, 0.3) is 11.4 Å². The predicted molar refractivity (Wildman–Crippen MR) is 68.9 cm³/mol. The molecule has 3 nitrogen and oxygen atoms in total. The van der Waals surface area contributed by atoms with E-state index in [0.717, 1.165) is 30.5 Å². The van der Waals surface area contributed by atoms with Gasteiger partial charge in [0.15, 0.2) is 5.82 Å². The summed E-state index contributed by atoms with van der Waals surface area (Å²) in [6, 6.07) is 4.17. The number of hydrogen-bond donors (Lipinski definition) is 1. The van der Waals surface area contributed by atoms with Crippen LogP contribution in [-0.4, -0.2) is 9.97 Å². The highest BCUT2D eigenvalue weighted by Gasteiger charge is 2.19. The Kier molecular flexibility index (Phi) is 2.67. The summed E-state index contributed by atoms with van der Waals surface area (Å²) in [5.74, 6) is 0.601. The molecule has 1 heterocycles. The fourth-order valence-electron chi connectivity index (χ4n) is 2.25. The van der Waals surface area contributed by atoms with E-state index in [9.17, 15) is 4.39 Å². The summed E-state index contributed by atoms with van der Waals surface area (Å²) in [7, 11) is 0. The first-order valence-corrected chi connectivity index (χ1v) is 6.13. The van der Waals surface area contributed by atoms with Gasteiger partial charge in [-0.2, -0.15) is 0 Å². The van der Waals surface area contributed by atoms with Gasteiger partial charge in [-0.05, 0) is 37.5 Å². The Bertz CT molecular complexity index is 628. The number of nitrogens with two attached hydrogens (primary N) is 1. The highest BCUT2D eigenvalue weighted by molar-refractivity contribution is 6.33. The van der Waals surface area contributed by atoms with Crippen molar-refractivity contribution in [3.63, 3.8) is 0 Å². The highest BCUT2D eigenvalue weighted by atomic mass is 35.5. The van der Waals surface area contributed by atoms with Crippen LogP contribution in [0.1, 0.15) is 17.7 Å². The van der Waals surface area contributed by atoms with E-state index in [1.807, 2.05) is 0 Å². The van der Waals surface area contributed by atoms with Crippen molar-refractivity contribution in [2.24, 2.45) is 0 Å². The Morgan fingerprint density at radius 1 is 1.22 bits per heavy atom. The van der Waals surface area contributed by atoms with Gasteiger partial charge in [-0.25, -0.2) is 14.4 Å². The molecule has 1 aromatic heterocycles. The molecule has 2 aromatic rings. The number of rotatable bonds is 1. The van der Waals surface area contributed by atoms with E-state index >= 15 is 0 Å². The normalized spacial score (nSPS) is 13.7. The van der Waals surface area contributed by atoms with E-state index in [-0.39, 0.29) is 5.82 Å². The van der Waals surface area contributed by atoms with Crippen LogP contribution in [0.15, 0.2) is 18.2 Å². The van der Waals surface area contributed by atoms with Crippen molar-refractivity contribution in [1.82, 2.24) is 9.97 Å². The fraction of sp³-hybridized carbons (Fsp3) is 0.231. The van der Waals surface area contributed by atoms with Crippen molar-refractivity contribution in [3.05, 3.63) is 40.3 Å². The van der Waals surface area contributed by atoms with Crippen LogP contribution in [0.5, 0.6) is 0 Å². The van der Waals surface area contributed by atoms with Crippen LogP contribution in [0.4, 0.5) is 10.2 Å². The lowest BCUT2D eigenvalue weighted by Gasteiger charge is -2.08. The first-order valence-electron chi connectivity index (χ1n) is 5.76. The second-order valence-electron chi connectivity index (χ2n) is 4.34. The quantitative estimate of drug-likeness (QED) is 0.860. The van der Waals surface area contributed by atoms with Gasteiger partial charge in [-0.3, -0.25) is 0 Å². The fourth-order valence-corrected chi connectivity index (χ4v) is 2.50. The molecule has 0 saturated heterocycles. The molecule has 1 aliphatic rings. The van der Waals surface area contributed by atoms with Gasteiger partial charge in [0, 0.05) is 16.8 Å². The number of benzene rings is 1. The number of hydrogen-bond acceptors (Lipinski definition) is 3. The number of nitrogens with zero attached hydrogens (tertiary/aromatic N) is 2. The molecule has 0 atom stereocenters. The third-order valence-corrected chi connectivity index (χ3v) is 3.45. The largest absolute Gasteiger partial charge is 0.383 e. The van der Waals surface area contributed by atoms with Crippen LogP contribution in [0, 0.1) is 5.82 Å². The summed E-state index contributed by atoms with van der Waals surface area (Å²) in [4.78, 5) is 8.74. The van der Waals surface area contributed by atoms with Crippen LogP contribution in [0.3, 0.4) is 0 Å². The molecule has 1 aromatic carbocycles. The Morgan fingerprint density at radius 2 is 2.06 bits per heavy atom. The molecule has 3 rings (SSSR count). The summed E-state index contributed by atoms with van der Waals surface area (Å²) in [6.07, 6.45) is 2.89. The lowest BCUT2D eigenvalue weighted by Crippen LogP contribution is -2.03. The van der Waals surface area contributed by atoms with Gasteiger partial charge in [-0.1, -0.05) is 11.6 Å². The lowest BCUT2D eigenvalue weighted by atomic mass is 10.2. The van der Waals surface area contributed by atoms with Gasteiger partial charge >= 0.3 is 0 Å². The summed E-state index contributed by atoms with van der Waals surface area (Å²) < 4.78 is 13.0. The summed E-state index contributed by atoms with van der Waals surface area (Å²) in [5.41, 5.74) is 8.56. The van der Waals surface area contributed by atoms with E-state index in [0.29, 0.717) is 22.2 Å². The molecule has 0 fully saturated rings. The molecule has 2 N–H and O–H groups in total. The third kappa shape index (κ3) is 1.82. The van der Waals surface area contributed by atoms with E-state index < -0.39 is 0 Å². The van der Waals surface area contributed by atoms with Crippen LogP contribution >= 0.6 is 11.6 Å². The van der Waals surface area contributed by atoms with E-state index in [4.69, 9.17) is 17.3 Å². The maximum atomic E-state index is 13.0. The molecule has 0 spiro atoms. The molecular formula is C13H11ClFN3. The van der Waals surface area contributed by atoms with E-state index in [2.05, 4.69) is 9.97 Å². The van der Waals surface area contributed by atoms with Crippen LogP contribution in [0.2, 0.25) is 5.02 Å². The zero-order valence-electron chi connectivity index (χ0n) is 9.58. The zero-order chi connectivity index (χ0) is 12.7. The van der Waals surface area contributed by atoms with Crippen molar-refractivity contribution in [2.75, 3.05) is 5.73 Å². The van der Waals surface area contributed by atoms with Crippen molar-refractivity contribution < 1.29 is 4.39 Å². The second-order valence-corrected chi connectivity index (χ2v) is 4.74. The van der Waals surface area contributed by atoms with E-state index in [1.165, 1.54) is 12.1 Å². The molecule has 0 amide bonds. The minimum absolute atomic E-state index is 0.298. The Labute approximate surface area is 109 Å². The number of aromatic nitrogens is 2. The van der Waals surface area contributed by atoms with Crippen molar-refractivity contribution in [2.45, 2.75) is 19.3 Å². The molecule has 0 saturated carbocycles. The molecule has 92 valence electrons. The van der Waals surface area contributed by atoms with Crippen LogP contribution < -0.4 is 5.73 Å². The van der Waals surface area contributed by atoms with E-state index in [1.54, 1.807) is 6.07 Å². The van der Waals surface area contributed by atoms with Gasteiger partial charge in [0.25, 0.3) is 0 Å². The van der Waals surface area contributed by atoms with Crippen molar-refractivity contribution >= 4 is 17.4 Å². The number of halogens is 2. The van der Waals surface area contributed by atoms with Gasteiger partial charge in [0.1, 0.15) is 11.6 Å². The smallest absolute Gasteiger partial charge is 0.163 e. The molecule has 1 aliphatic carbocycles. The molecule has 0 bridgehead atoms. The van der Waals surface area contributed by atoms with Gasteiger partial charge in [0.05, 0.1) is 5.02 Å². The Balaban J connectivity index is 2.15. The molecule has 0 unspecified atom stereocenters. The molecular weight excluding hydrogens is 253 g/mol. The predicted octanol–water partition coefficient (Wildman–Crippen LogP) is 3.01. The minimum Gasteiger partial charge on any atom is -0.383 e. The Morgan fingerprint density at radius 3 is 2.83 bits per heavy atom. The van der Waals surface area contributed by atoms with Crippen molar-refractivity contribution in [3.8, 4) is 11.4 Å². The second kappa shape index (κ2) is 4.21. The standard InChI is InChI=1S/C13H11ClFN3/c14-10-6-7(15)4-5-8(10)13-17-11-3-1-2-9(11)12(16)18-13/h4-6H,1-3H2,(H2,16,17,18). The third-order valence-electron chi connectivity index (χ3n) is 3.14. The number of nitrogen functional groups attached to an aromatic ring is 1. The Hall–Kier alpha value is -1.68. The summed E-state index contributed by atoms with van der Waals surface area (Å²) >= 11 is 6.01. The minimum atomic E-state index is -0.377. The van der Waals surface area contributed by atoms with Crippen LogP contribution in [-0.2, 0) is 12.8 Å². The highest BCUT2D eigenvalue weighted by Crippen LogP contribution is 2.30. The lowest BCUT2D eigenvalue weighted by molar-refractivity contribution is 0.628. The maximum absolute atomic E-state index is 13.0. The van der Waals surface area contributed by atoms with Gasteiger partial charge in [-0.15, -0.1) is 0 Å². The van der Waals surface area contributed by atoms with Crippen molar-refractivity contribution in [1.29, 1.82) is 0 Å². The molecule has 5 heteroatoms. The SMILES string of the molecule is Nc1nc(-c2ccc(F)cc2Cl)nc2c1CCC2. The topological polar surface area (TPSA) is 51.8 Å². The van der Waals surface area contributed by atoms with Gasteiger partial charge < -0.3 is 5.73 Å². The molecule has 18 heavy (non-hydrogen) atoms. The summed E-state index contributed by atoms with van der Waals surface area (Å²) in [6.45, 7) is 0. The average Bonchev–Trinajstić information content (AvgIpc) is 2.77.